The molecule has 1 aliphatic rings. The van der Waals surface area contributed by atoms with Gasteiger partial charge in [0.1, 0.15) is 0 Å². The van der Waals surface area contributed by atoms with Gasteiger partial charge in [0.05, 0.1) is 0 Å². The summed E-state index contributed by atoms with van der Waals surface area (Å²) in [7, 11) is 0. The fourth-order valence-electron chi connectivity index (χ4n) is 6.40. The van der Waals surface area contributed by atoms with Crippen LogP contribution in [0.25, 0.3) is 34.0 Å². The van der Waals surface area contributed by atoms with Crippen LogP contribution in [-0.4, -0.2) is 0 Å². The van der Waals surface area contributed by atoms with E-state index in [0.29, 0.717) is 5.92 Å². The summed E-state index contributed by atoms with van der Waals surface area (Å²) >= 11 is 0. The van der Waals surface area contributed by atoms with E-state index in [4.69, 9.17) is 0 Å². The number of aryl methyl sites for hydroxylation is 1. The molecule has 1 atom stereocenters. The van der Waals surface area contributed by atoms with Crippen molar-refractivity contribution in [1.29, 1.82) is 0 Å². The Morgan fingerprint density at radius 2 is 1.51 bits per heavy atom. The van der Waals surface area contributed by atoms with Crippen molar-refractivity contribution >= 4 is 17.5 Å². The maximum Gasteiger partial charge on any atom is 0.0464 e. The number of nitrogens with zero attached hydrogens (tertiary/aromatic N) is 1. The molecule has 222 valence electrons. The Kier molecular flexibility index (Phi) is 9.37. The highest BCUT2D eigenvalue weighted by molar-refractivity contribution is 5.88. The minimum absolute atomic E-state index is 0.379. The van der Waals surface area contributed by atoms with Gasteiger partial charge in [-0.15, -0.1) is 6.58 Å². The second-order valence-electron chi connectivity index (χ2n) is 11.7. The third-order valence-electron chi connectivity index (χ3n) is 8.78. The Labute approximate surface area is 268 Å². The summed E-state index contributed by atoms with van der Waals surface area (Å²) < 4.78 is 0. The van der Waals surface area contributed by atoms with Gasteiger partial charge in [0.2, 0.25) is 0 Å². The summed E-state index contributed by atoms with van der Waals surface area (Å²) in [5.74, 6) is 0.379. The fraction of sp³-hybridized carbons (Fsp3) is 0.136. The monoisotopic (exact) mass is 583 g/mol. The van der Waals surface area contributed by atoms with Gasteiger partial charge >= 0.3 is 0 Å². The average Bonchev–Trinajstić information content (AvgIpc) is 3.12. The Bertz CT molecular complexity index is 1960. The molecule has 0 radical (unpaired) electrons. The SMILES string of the molecule is C=CCCc1cccc(-c2ccc(N(C3=CCC(c4ccccc4)C=C3)/C(C)=c3\cccc\c3=C\C)cc2-c2ccccc2)c1. The van der Waals surface area contributed by atoms with E-state index in [9.17, 15) is 0 Å². The number of rotatable bonds is 9. The van der Waals surface area contributed by atoms with Crippen LogP contribution in [0.15, 0.2) is 164 Å². The van der Waals surface area contributed by atoms with Crippen molar-refractivity contribution in [2.24, 2.45) is 0 Å². The molecular formula is C44H41N. The number of allylic oxidation sites excluding steroid dienone is 4. The molecule has 0 bridgehead atoms. The van der Waals surface area contributed by atoms with E-state index >= 15 is 0 Å². The highest BCUT2D eigenvalue weighted by Gasteiger charge is 2.20. The van der Waals surface area contributed by atoms with E-state index in [0.717, 1.165) is 24.9 Å². The fourth-order valence-corrected chi connectivity index (χ4v) is 6.40. The lowest BCUT2D eigenvalue weighted by molar-refractivity contribution is 0.840. The first kappa shape index (κ1) is 29.9. The molecule has 1 heteroatoms. The predicted octanol–water partition coefficient (Wildman–Crippen LogP) is 10.2. The van der Waals surface area contributed by atoms with Crippen LogP contribution in [0.1, 0.15) is 43.7 Å². The van der Waals surface area contributed by atoms with Crippen molar-refractivity contribution < 1.29 is 0 Å². The third-order valence-corrected chi connectivity index (χ3v) is 8.78. The summed E-state index contributed by atoms with van der Waals surface area (Å²) in [5.41, 5.74) is 11.2. The minimum atomic E-state index is 0.379. The first-order valence-electron chi connectivity index (χ1n) is 16.0. The molecule has 0 fully saturated rings. The lowest BCUT2D eigenvalue weighted by Gasteiger charge is -2.30. The van der Waals surface area contributed by atoms with Gasteiger partial charge in [0.15, 0.2) is 0 Å². The van der Waals surface area contributed by atoms with Gasteiger partial charge in [-0.2, -0.15) is 0 Å². The smallest absolute Gasteiger partial charge is 0.0464 e. The molecule has 5 aromatic rings. The topological polar surface area (TPSA) is 3.24 Å². The molecule has 1 aliphatic carbocycles. The quantitative estimate of drug-likeness (QED) is 0.156. The Morgan fingerprint density at radius 1 is 0.778 bits per heavy atom. The Balaban J connectivity index is 1.51. The van der Waals surface area contributed by atoms with Crippen molar-refractivity contribution in [1.82, 2.24) is 0 Å². The van der Waals surface area contributed by atoms with Gasteiger partial charge in [0.25, 0.3) is 0 Å². The molecule has 5 aromatic carbocycles. The maximum atomic E-state index is 3.92. The van der Waals surface area contributed by atoms with Gasteiger partial charge in [0, 0.05) is 28.2 Å². The average molecular weight is 584 g/mol. The molecule has 1 unspecified atom stereocenters. The summed E-state index contributed by atoms with van der Waals surface area (Å²) in [6.45, 7) is 8.29. The number of anilines is 1. The highest BCUT2D eigenvalue weighted by atomic mass is 15.1. The minimum Gasteiger partial charge on any atom is -0.314 e. The van der Waals surface area contributed by atoms with E-state index in [1.54, 1.807) is 0 Å². The first-order chi connectivity index (χ1) is 22.2. The summed E-state index contributed by atoms with van der Waals surface area (Å²) in [6, 6.07) is 46.2. The molecule has 45 heavy (non-hydrogen) atoms. The van der Waals surface area contributed by atoms with Gasteiger partial charge in [-0.3, -0.25) is 0 Å². The van der Waals surface area contributed by atoms with Crippen molar-refractivity contribution in [2.75, 3.05) is 4.90 Å². The van der Waals surface area contributed by atoms with Crippen LogP contribution in [-0.2, 0) is 6.42 Å². The second-order valence-corrected chi connectivity index (χ2v) is 11.7. The van der Waals surface area contributed by atoms with Gasteiger partial charge in [-0.1, -0.05) is 140 Å². The molecule has 0 saturated heterocycles. The normalized spacial score (nSPS) is 15.4. The van der Waals surface area contributed by atoms with Crippen LogP contribution >= 0.6 is 0 Å². The van der Waals surface area contributed by atoms with Crippen LogP contribution in [0.5, 0.6) is 0 Å². The molecule has 0 spiro atoms. The summed E-state index contributed by atoms with van der Waals surface area (Å²) in [6.07, 6.45) is 14.2. The van der Waals surface area contributed by atoms with E-state index in [1.807, 2.05) is 6.08 Å². The molecule has 0 saturated carbocycles. The molecule has 1 nitrogen and oxygen atoms in total. The van der Waals surface area contributed by atoms with Crippen LogP contribution in [0.4, 0.5) is 5.69 Å². The zero-order valence-corrected chi connectivity index (χ0v) is 26.4. The highest BCUT2D eigenvalue weighted by Crippen LogP contribution is 2.39. The van der Waals surface area contributed by atoms with Gasteiger partial charge in [-0.05, 0) is 89.9 Å². The molecule has 0 aliphatic heterocycles. The molecular weight excluding hydrogens is 542 g/mol. The Hall–Kier alpha value is -5.14. The largest absolute Gasteiger partial charge is 0.314 e. The third kappa shape index (κ3) is 6.69. The van der Waals surface area contributed by atoms with Crippen molar-refractivity contribution in [3.05, 3.63) is 186 Å². The van der Waals surface area contributed by atoms with E-state index in [2.05, 4.69) is 177 Å². The number of hydrogen-bond acceptors (Lipinski definition) is 1. The number of hydrogen-bond donors (Lipinski definition) is 0. The molecule has 6 rings (SSSR count). The summed E-state index contributed by atoms with van der Waals surface area (Å²) in [5, 5.41) is 2.47. The zero-order valence-electron chi connectivity index (χ0n) is 26.4. The molecule has 0 heterocycles. The number of benzene rings is 5. The van der Waals surface area contributed by atoms with E-state index in [-0.39, 0.29) is 0 Å². The van der Waals surface area contributed by atoms with Crippen molar-refractivity contribution in [3.63, 3.8) is 0 Å². The lowest BCUT2D eigenvalue weighted by Crippen LogP contribution is -2.33. The Morgan fingerprint density at radius 3 is 2.24 bits per heavy atom. The van der Waals surface area contributed by atoms with Crippen molar-refractivity contribution in [2.45, 2.75) is 39.0 Å². The summed E-state index contributed by atoms with van der Waals surface area (Å²) in [4.78, 5) is 2.44. The van der Waals surface area contributed by atoms with Crippen LogP contribution in [0.2, 0.25) is 0 Å². The molecule has 0 amide bonds. The van der Waals surface area contributed by atoms with Crippen LogP contribution in [0.3, 0.4) is 0 Å². The van der Waals surface area contributed by atoms with Crippen LogP contribution < -0.4 is 15.3 Å². The zero-order chi connectivity index (χ0) is 31.0. The molecule has 0 N–H and O–H groups in total. The molecule has 0 aromatic heterocycles. The van der Waals surface area contributed by atoms with Gasteiger partial charge < -0.3 is 4.90 Å². The van der Waals surface area contributed by atoms with Gasteiger partial charge in [-0.25, -0.2) is 0 Å². The lowest BCUT2D eigenvalue weighted by atomic mass is 9.90. The first-order valence-corrected chi connectivity index (χ1v) is 16.0. The van der Waals surface area contributed by atoms with E-state index in [1.165, 1.54) is 55.2 Å². The van der Waals surface area contributed by atoms with Crippen LogP contribution in [0, 0.1) is 0 Å². The standard InChI is InChI=1S/C44H41N/c1-4-6-16-34-17-15-23-39(31-34)43-30-29-41(32-44(43)38-21-11-8-12-22-38)45(33(3)42-24-14-13-18-35(42)5-2)40-27-25-37(26-28-40)36-19-9-7-10-20-36/h4-5,7-15,17-25,27-32,37H,1,6,16,26H2,2-3H3/b35-5-,42-33+. The van der Waals surface area contributed by atoms with E-state index < -0.39 is 0 Å². The second kappa shape index (κ2) is 14.1. The maximum absolute atomic E-state index is 3.92. The van der Waals surface area contributed by atoms with Crippen molar-refractivity contribution in [3.8, 4) is 22.3 Å². The predicted molar refractivity (Wildman–Crippen MR) is 194 cm³/mol.